The fourth-order valence-corrected chi connectivity index (χ4v) is 8.87. The molecule has 0 amide bonds. The predicted octanol–water partition coefficient (Wildman–Crippen LogP) is 1.12. The molecule has 18 atom stereocenters. The Balaban J connectivity index is 1.86. The van der Waals surface area contributed by atoms with Gasteiger partial charge in [0.15, 0.2) is 6.29 Å². The van der Waals surface area contributed by atoms with E-state index in [-0.39, 0.29) is 38.0 Å². The summed E-state index contributed by atoms with van der Waals surface area (Å²) in [5.74, 6) is -7.05. The fraction of sp³-hybridized carbons (Fsp3) is 0.946. The molecule has 52 heavy (non-hydrogen) atoms. The molecule has 0 radical (unpaired) electrons. The molecule has 302 valence electrons. The van der Waals surface area contributed by atoms with Crippen LogP contribution in [-0.2, 0) is 42.7 Å². The van der Waals surface area contributed by atoms with Crippen molar-refractivity contribution in [3.8, 4) is 0 Å². The Hall–Kier alpha value is -1.34. The number of likely N-dealkylation sites (N-methyl/N-ethyl adjacent to an activating group) is 1. The van der Waals surface area contributed by atoms with E-state index in [9.17, 15) is 35.1 Å². The minimum Gasteiger partial charge on any atom is -0.459 e. The lowest BCUT2D eigenvalue weighted by Crippen LogP contribution is -2.67. The van der Waals surface area contributed by atoms with E-state index in [4.69, 9.17) is 33.2 Å². The van der Waals surface area contributed by atoms with E-state index in [0.717, 1.165) is 0 Å². The van der Waals surface area contributed by atoms with E-state index in [0.29, 0.717) is 6.42 Å². The van der Waals surface area contributed by atoms with Crippen molar-refractivity contribution in [2.75, 3.05) is 27.8 Å². The highest BCUT2D eigenvalue weighted by atomic mass is 16.9. The summed E-state index contributed by atoms with van der Waals surface area (Å²) in [7, 11) is 5.14. The number of ether oxygens (including phenoxy) is 7. The van der Waals surface area contributed by atoms with Crippen molar-refractivity contribution in [2.24, 2.45) is 23.7 Å². The smallest absolute Gasteiger partial charge is 0.314 e. The summed E-state index contributed by atoms with van der Waals surface area (Å²) >= 11 is 0. The van der Waals surface area contributed by atoms with Crippen molar-refractivity contribution in [3.05, 3.63) is 0 Å². The van der Waals surface area contributed by atoms with Gasteiger partial charge in [-0.15, -0.1) is 0 Å². The van der Waals surface area contributed by atoms with Gasteiger partial charge in [-0.05, 0) is 68.0 Å². The Bertz CT molecular complexity index is 1250. The summed E-state index contributed by atoms with van der Waals surface area (Å²) < 4.78 is 43.5. The maximum absolute atomic E-state index is 14.2. The van der Waals surface area contributed by atoms with Gasteiger partial charge >= 0.3 is 5.97 Å². The standard InChI is InChI=1S/C37H65NO14/c1-13-25-36(9,45)29(41)20(4)26(39)18(2)15-34(7,44)31(50-33-27(40)24(38(10)11)14-19(3)48-33)21(5)28-23(32(43)49-25)16-47-37(52-28)17-35(8,46-12)30(42)22(6)51-37/h18-25,27-31,33,40-42,44-45H,13-17H2,1-12H3/t18-,19-,20+,21+,22+,23-,24+,25-,27-,28+,29-,30+,31-,33+,34-,35-,36-,37+/m1/s1. The summed E-state index contributed by atoms with van der Waals surface area (Å²) in [6.07, 6.45) is -9.39. The summed E-state index contributed by atoms with van der Waals surface area (Å²) in [5, 5.41) is 57.9. The molecule has 4 saturated heterocycles. The van der Waals surface area contributed by atoms with E-state index in [1.165, 1.54) is 27.9 Å². The molecule has 0 saturated carbocycles. The average Bonchev–Trinajstić information content (AvgIpc) is 3.07. The van der Waals surface area contributed by atoms with Gasteiger partial charge in [-0.3, -0.25) is 9.59 Å². The van der Waals surface area contributed by atoms with Crippen LogP contribution in [0.25, 0.3) is 0 Å². The number of carbonyl (C=O) groups excluding carboxylic acids is 2. The Labute approximate surface area is 308 Å². The first-order valence-corrected chi connectivity index (χ1v) is 18.7. The van der Waals surface area contributed by atoms with Crippen LogP contribution < -0.4 is 0 Å². The Morgan fingerprint density at radius 1 is 0.962 bits per heavy atom. The number of Topliss-reactive ketones (excluding diaryl/α,β-unsaturated/α-hetero) is 1. The molecular formula is C37H65NO14. The molecule has 0 aromatic carbocycles. The van der Waals surface area contributed by atoms with Crippen LogP contribution in [0.2, 0.25) is 0 Å². The Morgan fingerprint density at radius 3 is 2.17 bits per heavy atom. The quantitative estimate of drug-likeness (QED) is 0.250. The molecule has 4 heterocycles. The van der Waals surface area contributed by atoms with Crippen LogP contribution in [0, 0.1) is 23.7 Å². The Morgan fingerprint density at radius 2 is 1.60 bits per heavy atom. The largest absolute Gasteiger partial charge is 0.459 e. The van der Waals surface area contributed by atoms with Gasteiger partial charge in [0, 0.05) is 30.9 Å². The average molecular weight is 748 g/mol. The maximum atomic E-state index is 14.2. The normalized spacial score (nSPS) is 51.5. The second kappa shape index (κ2) is 16.0. The number of hydrogen-bond acceptors (Lipinski definition) is 15. The number of rotatable bonds is 5. The van der Waals surface area contributed by atoms with Crippen molar-refractivity contribution in [2.45, 2.75) is 172 Å². The zero-order valence-electron chi connectivity index (χ0n) is 33.0. The number of hydrogen-bond donors (Lipinski definition) is 5. The number of methoxy groups -OCH3 is 1. The lowest BCUT2D eigenvalue weighted by Gasteiger charge is -2.55. The molecule has 1 spiro atoms. The summed E-state index contributed by atoms with van der Waals surface area (Å²) in [5.41, 5.74) is -5.03. The second-order valence-electron chi connectivity index (χ2n) is 16.8. The van der Waals surface area contributed by atoms with Crippen molar-refractivity contribution < 1.29 is 68.3 Å². The molecule has 0 aromatic heterocycles. The van der Waals surface area contributed by atoms with Crippen molar-refractivity contribution in [3.63, 3.8) is 0 Å². The van der Waals surface area contributed by atoms with Crippen LogP contribution >= 0.6 is 0 Å². The third-order valence-corrected chi connectivity index (χ3v) is 12.1. The number of nitrogens with zero attached hydrogens (tertiary/aromatic N) is 1. The van der Waals surface area contributed by atoms with Gasteiger partial charge in [0.2, 0.25) is 0 Å². The highest BCUT2D eigenvalue weighted by Gasteiger charge is 2.61. The van der Waals surface area contributed by atoms with Crippen molar-refractivity contribution in [1.29, 1.82) is 0 Å². The van der Waals surface area contributed by atoms with Crippen LogP contribution in [0.5, 0.6) is 0 Å². The molecule has 0 bridgehead atoms. The number of carbonyl (C=O) groups is 2. The molecular weight excluding hydrogens is 682 g/mol. The van der Waals surface area contributed by atoms with Crippen LogP contribution in [0.1, 0.15) is 88.0 Å². The molecule has 4 fully saturated rings. The van der Waals surface area contributed by atoms with Gasteiger partial charge in [0.25, 0.3) is 5.97 Å². The van der Waals surface area contributed by atoms with Gasteiger partial charge in [0.05, 0.1) is 49.1 Å². The van der Waals surface area contributed by atoms with E-state index < -0.39 is 107 Å². The van der Waals surface area contributed by atoms with Gasteiger partial charge in [-0.2, -0.15) is 0 Å². The Kier molecular flexibility index (Phi) is 13.4. The number of ketones is 1. The van der Waals surface area contributed by atoms with Crippen LogP contribution in [0.3, 0.4) is 0 Å². The minimum absolute atomic E-state index is 0.0939. The van der Waals surface area contributed by atoms with E-state index >= 15 is 0 Å². The van der Waals surface area contributed by atoms with Gasteiger partial charge in [-0.1, -0.05) is 27.7 Å². The first-order valence-electron chi connectivity index (χ1n) is 18.7. The van der Waals surface area contributed by atoms with Gasteiger partial charge < -0.3 is 63.6 Å². The number of cyclic esters (lactones) is 1. The molecule has 4 aliphatic heterocycles. The van der Waals surface area contributed by atoms with Gasteiger partial charge in [-0.25, -0.2) is 0 Å². The number of aliphatic hydroxyl groups excluding tert-OH is 3. The van der Waals surface area contributed by atoms with E-state index in [1.807, 2.05) is 25.9 Å². The van der Waals surface area contributed by atoms with Crippen LogP contribution in [0.15, 0.2) is 0 Å². The summed E-state index contributed by atoms with van der Waals surface area (Å²) in [6.45, 7) is 14.3. The first-order chi connectivity index (χ1) is 23.9. The molecule has 0 aromatic rings. The SMILES string of the molecule is CC[C@H]1OC(=O)[C@@H]2CO[C@]3(C[C@@](C)(OC)[C@@H](O)[C@H](C)O3)O[C@H]2[C@H](C)[C@@H](O[C@@H]2O[C@H](C)C[C@H](N(C)C)[C@H]2O)[C@](C)(O)C[C@@H](C)C(=O)[C@H](C)[C@@H](O)[C@]1(C)O. The third-order valence-electron chi connectivity index (χ3n) is 12.1. The van der Waals surface area contributed by atoms with Gasteiger partial charge in [0.1, 0.15) is 41.2 Å². The number of fused-ring (bicyclic) bond motifs is 1. The van der Waals surface area contributed by atoms with E-state index in [2.05, 4.69) is 0 Å². The minimum atomic E-state index is -2.03. The second-order valence-corrected chi connectivity index (χ2v) is 16.8. The van der Waals surface area contributed by atoms with Crippen molar-refractivity contribution >= 4 is 11.8 Å². The topological polar surface area (TPSA) is 203 Å². The first kappa shape index (κ1) is 43.4. The molecule has 0 unspecified atom stereocenters. The number of aliphatic hydroxyl groups is 5. The summed E-state index contributed by atoms with van der Waals surface area (Å²) in [6, 6.07) is -0.338. The van der Waals surface area contributed by atoms with Crippen molar-refractivity contribution in [1.82, 2.24) is 4.90 Å². The predicted molar refractivity (Wildman–Crippen MR) is 185 cm³/mol. The molecule has 4 rings (SSSR count). The number of esters is 1. The zero-order valence-corrected chi connectivity index (χ0v) is 33.0. The third kappa shape index (κ3) is 8.41. The monoisotopic (exact) mass is 747 g/mol. The van der Waals surface area contributed by atoms with Crippen LogP contribution in [0.4, 0.5) is 0 Å². The lowest BCUT2D eigenvalue weighted by molar-refractivity contribution is -0.474. The summed E-state index contributed by atoms with van der Waals surface area (Å²) in [4.78, 5) is 30.0. The molecule has 0 aliphatic carbocycles. The maximum Gasteiger partial charge on any atom is 0.314 e. The molecule has 5 N–H and O–H groups in total. The highest BCUT2D eigenvalue weighted by Crippen LogP contribution is 2.47. The highest BCUT2D eigenvalue weighted by molar-refractivity contribution is 5.83. The molecule has 15 heteroatoms. The molecule has 4 aliphatic rings. The molecule has 15 nitrogen and oxygen atoms in total. The van der Waals surface area contributed by atoms with E-state index in [1.54, 1.807) is 34.6 Å². The lowest BCUT2D eigenvalue weighted by atomic mass is 9.73. The van der Waals surface area contributed by atoms with Crippen LogP contribution in [-0.4, -0.2) is 154 Å². The fourth-order valence-electron chi connectivity index (χ4n) is 8.87. The zero-order chi connectivity index (χ0) is 39.3.